The van der Waals surface area contributed by atoms with Crippen molar-refractivity contribution in [2.45, 2.75) is 13.8 Å². The summed E-state index contributed by atoms with van der Waals surface area (Å²) in [6.07, 6.45) is 1.59. The molecule has 0 amide bonds. The quantitative estimate of drug-likeness (QED) is 0.512. The Morgan fingerprint density at radius 3 is 2.86 bits per heavy atom. The number of furan rings is 1. The number of esters is 1. The van der Waals surface area contributed by atoms with Gasteiger partial charge in [0.2, 0.25) is 0 Å². The summed E-state index contributed by atoms with van der Waals surface area (Å²) in [5.41, 5.74) is 1.80. The van der Waals surface area contributed by atoms with Gasteiger partial charge in [-0.1, -0.05) is 6.07 Å². The average Bonchev–Trinajstić information content (AvgIpc) is 2.58. The van der Waals surface area contributed by atoms with E-state index in [0.29, 0.717) is 5.75 Å². The Bertz CT molecular complexity index is 482. The summed E-state index contributed by atoms with van der Waals surface area (Å²) >= 11 is 0. The van der Waals surface area contributed by atoms with Gasteiger partial charge in [0.25, 0.3) is 0 Å². The number of carbonyl (C=O) groups excluding carboxylic acids is 1. The van der Waals surface area contributed by atoms with Gasteiger partial charge in [-0.25, -0.2) is 0 Å². The summed E-state index contributed by atoms with van der Waals surface area (Å²) in [6, 6.07) is 5.43. The van der Waals surface area contributed by atoms with Crippen molar-refractivity contribution in [1.82, 2.24) is 0 Å². The summed E-state index contributed by atoms with van der Waals surface area (Å²) < 4.78 is 10.3. The summed E-state index contributed by atoms with van der Waals surface area (Å²) in [5.74, 6) is 0.225. The van der Waals surface area contributed by atoms with Crippen LogP contribution in [0.15, 0.2) is 28.9 Å². The first-order valence-electron chi connectivity index (χ1n) is 4.33. The second-order valence-electron chi connectivity index (χ2n) is 3.14. The molecule has 0 saturated carbocycles. The maximum absolute atomic E-state index is 10.8. The van der Waals surface area contributed by atoms with Crippen LogP contribution in [0.5, 0.6) is 5.75 Å². The molecule has 1 aromatic heterocycles. The molecule has 0 N–H and O–H groups in total. The number of fused-ring (bicyclic) bond motifs is 1. The number of aryl methyl sites for hydroxylation is 1. The lowest BCUT2D eigenvalue weighted by Crippen LogP contribution is -2.01. The van der Waals surface area contributed by atoms with Gasteiger partial charge < -0.3 is 9.15 Å². The molecule has 2 aromatic rings. The van der Waals surface area contributed by atoms with Crippen molar-refractivity contribution < 1.29 is 13.9 Å². The molecule has 0 bridgehead atoms. The zero-order chi connectivity index (χ0) is 10.1. The molecule has 0 spiro atoms. The van der Waals surface area contributed by atoms with E-state index in [1.165, 1.54) is 6.92 Å². The summed E-state index contributed by atoms with van der Waals surface area (Å²) in [4.78, 5) is 10.8. The van der Waals surface area contributed by atoms with Gasteiger partial charge in [0.1, 0.15) is 11.3 Å². The highest BCUT2D eigenvalue weighted by Gasteiger charge is 2.08. The van der Waals surface area contributed by atoms with Gasteiger partial charge in [-0.05, 0) is 24.6 Å². The summed E-state index contributed by atoms with van der Waals surface area (Å²) in [6.45, 7) is 3.33. The highest BCUT2D eigenvalue weighted by molar-refractivity contribution is 5.88. The largest absolute Gasteiger partial charge is 0.464 e. The molecule has 0 unspecified atom stereocenters. The first kappa shape index (κ1) is 8.81. The maximum Gasteiger partial charge on any atom is 0.308 e. The van der Waals surface area contributed by atoms with E-state index in [1.807, 2.05) is 13.0 Å². The molecule has 0 saturated heterocycles. The fraction of sp³-hybridized carbons (Fsp3) is 0.182. The van der Waals surface area contributed by atoms with Gasteiger partial charge in [-0.2, -0.15) is 0 Å². The molecular weight excluding hydrogens is 180 g/mol. The van der Waals surface area contributed by atoms with Crippen LogP contribution in [0.2, 0.25) is 0 Å². The van der Waals surface area contributed by atoms with Gasteiger partial charge in [0.15, 0.2) is 0 Å². The average molecular weight is 190 g/mol. The minimum atomic E-state index is -0.323. The lowest BCUT2D eigenvalue weighted by Gasteiger charge is -2.03. The number of hydrogen-bond donors (Lipinski definition) is 0. The third-order valence-corrected chi connectivity index (χ3v) is 2.03. The number of hydrogen-bond acceptors (Lipinski definition) is 3. The van der Waals surface area contributed by atoms with Crippen molar-refractivity contribution in [2.24, 2.45) is 0 Å². The second-order valence-corrected chi connectivity index (χ2v) is 3.14. The molecule has 2 rings (SSSR count). The van der Waals surface area contributed by atoms with Crippen LogP contribution in [0, 0.1) is 6.92 Å². The molecule has 0 fully saturated rings. The van der Waals surface area contributed by atoms with Crippen LogP contribution >= 0.6 is 0 Å². The van der Waals surface area contributed by atoms with E-state index in [2.05, 4.69) is 0 Å². The van der Waals surface area contributed by atoms with Crippen molar-refractivity contribution in [2.75, 3.05) is 0 Å². The van der Waals surface area contributed by atoms with Crippen LogP contribution in [0.4, 0.5) is 0 Å². The predicted octanol–water partition coefficient (Wildman–Crippen LogP) is 2.67. The van der Waals surface area contributed by atoms with E-state index < -0.39 is 0 Å². The van der Waals surface area contributed by atoms with E-state index in [0.717, 1.165) is 16.5 Å². The van der Waals surface area contributed by atoms with E-state index in [-0.39, 0.29) is 5.97 Å². The Kier molecular flexibility index (Phi) is 2.00. The number of ether oxygens (including phenoxy) is 1. The molecule has 1 aromatic carbocycles. The molecule has 3 nitrogen and oxygen atoms in total. The van der Waals surface area contributed by atoms with E-state index in [1.54, 1.807) is 18.4 Å². The number of rotatable bonds is 1. The predicted molar refractivity (Wildman–Crippen MR) is 52.3 cm³/mol. The summed E-state index contributed by atoms with van der Waals surface area (Å²) in [5, 5.41) is 0.834. The fourth-order valence-corrected chi connectivity index (χ4v) is 1.42. The minimum absolute atomic E-state index is 0.323. The van der Waals surface area contributed by atoms with Crippen molar-refractivity contribution in [3.63, 3.8) is 0 Å². The molecule has 0 aliphatic rings. The third-order valence-electron chi connectivity index (χ3n) is 2.03. The van der Waals surface area contributed by atoms with Crippen molar-refractivity contribution in [3.05, 3.63) is 30.0 Å². The Labute approximate surface area is 81.3 Å². The topological polar surface area (TPSA) is 39.4 Å². The standard InChI is InChI=1S/C11H10O3/c1-7-3-4-10(14-8(2)12)9-5-6-13-11(7)9/h3-6H,1-2H3. The van der Waals surface area contributed by atoms with Gasteiger partial charge in [-0.3, -0.25) is 4.79 Å². The Hall–Kier alpha value is -1.77. The molecular formula is C11H10O3. The van der Waals surface area contributed by atoms with E-state index in [9.17, 15) is 4.79 Å². The Morgan fingerprint density at radius 2 is 2.14 bits per heavy atom. The van der Waals surface area contributed by atoms with Crippen molar-refractivity contribution in [3.8, 4) is 5.75 Å². The van der Waals surface area contributed by atoms with Crippen LogP contribution in [-0.2, 0) is 4.79 Å². The number of carbonyl (C=O) groups is 1. The zero-order valence-electron chi connectivity index (χ0n) is 8.03. The second kappa shape index (κ2) is 3.18. The van der Waals surface area contributed by atoms with Crippen molar-refractivity contribution in [1.29, 1.82) is 0 Å². The minimum Gasteiger partial charge on any atom is -0.464 e. The van der Waals surface area contributed by atoms with Crippen LogP contribution in [0.25, 0.3) is 11.0 Å². The normalized spacial score (nSPS) is 10.4. The molecule has 72 valence electrons. The van der Waals surface area contributed by atoms with E-state index in [4.69, 9.17) is 9.15 Å². The highest BCUT2D eigenvalue weighted by Crippen LogP contribution is 2.29. The smallest absolute Gasteiger partial charge is 0.308 e. The van der Waals surface area contributed by atoms with Gasteiger partial charge in [0, 0.05) is 6.92 Å². The van der Waals surface area contributed by atoms with Crippen LogP contribution in [-0.4, -0.2) is 5.97 Å². The van der Waals surface area contributed by atoms with E-state index >= 15 is 0 Å². The molecule has 14 heavy (non-hydrogen) atoms. The van der Waals surface area contributed by atoms with Crippen molar-refractivity contribution >= 4 is 16.9 Å². The molecule has 0 atom stereocenters. The maximum atomic E-state index is 10.8. The lowest BCUT2D eigenvalue weighted by molar-refractivity contribution is -0.131. The monoisotopic (exact) mass is 190 g/mol. The zero-order valence-corrected chi connectivity index (χ0v) is 8.03. The van der Waals surface area contributed by atoms with Crippen LogP contribution < -0.4 is 4.74 Å². The lowest BCUT2D eigenvalue weighted by atomic mass is 10.1. The van der Waals surface area contributed by atoms with Crippen LogP contribution in [0.1, 0.15) is 12.5 Å². The van der Waals surface area contributed by atoms with Gasteiger partial charge >= 0.3 is 5.97 Å². The van der Waals surface area contributed by atoms with Gasteiger partial charge in [-0.15, -0.1) is 0 Å². The fourth-order valence-electron chi connectivity index (χ4n) is 1.42. The first-order chi connectivity index (χ1) is 6.68. The Balaban J connectivity index is 2.60. The highest BCUT2D eigenvalue weighted by atomic mass is 16.5. The Morgan fingerprint density at radius 1 is 1.36 bits per heavy atom. The molecule has 0 aliphatic heterocycles. The molecule has 0 aliphatic carbocycles. The number of benzene rings is 1. The molecule has 0 radical (unpaired) electrons. The summed E-state index contributed by atoms with van der Waals surface area (Å²) in [7, 11) is 0. The van der Waals surface area contributed by atoms with Crippen LogP contribution in [0.3, 0.4) is 0 Å². The third kappa shape index (κ3) is 1.37. The molecule has 3 heteroatoms. The SMILES string of the molecule is CC(=O)Oc1ccc(C)c2occc12. The first-order valence-corrected chi connectivity index (χ1v) is 4.33. The molecule has 1 heterocycles. The van der Waals surface area contributed by atoms with Gasteiger partial charge in [0.05, 0.1) is 11.6 Å².